The number of nitrogens with one attached hydrogen (secondary N) is 6. The fourth-order valence-electron chi connectivity index (χ4n) is 3.50. The lowest BCUT2D eigenvalue weighted by molar-refractivity contribution is 0.272. The summed E-state index contributed by atoms with van der Waals surface area (Å²) in [6.07, 6.45) is 3.56. The van der Waals surface area contributed by atoms with Crippen LogP contribution in [0.5, 0.6) is 0 Å². The van der Waals surface area contributed by atoms with Gasteiger partial charge in [-0.15, -0.1) is 0 Å². The van der Waals surface area contributed by atoms with E-state index in [9.17, 15) is 0 Å². The monoisotopic (exact) mass is 466 g/mol. The fraction of sp³-hybridized carbons (Fsp3) is 1.00. The summed E-state index contributed by atoms with van der Waals surface area (Å²) in [6.45, 7) is 15.3. The van der Waals surface area contributed by atoms with E-state index < -0.39 is 0 Å². The summed E-state index contributed by atoms with van der Waals surface area (Å²) in [7, 11) is 0. The molecular formula is C18H39IN6. The molecule has 0 aliphatic carbocycles. The zero-order valence-corrected chi connectivity index (χ0v) is 18.1. The zero-order chi connectivity index (χ0) is 17.8. The quantitative estimate of drug-likeness (QED) is 0.222. The first-order chi connectivity index (χ1) is 12.1. The van der Waals surface area contributed by atoms with Gasteiger partial charge in [0.15, 0.2) is 0 Å². The molecule has 3 saturated heterocycles. The molecule has 2 bridgehead atoms. The summed E-state index contributed by atoms with van der Waals surface area (Å²) in [6, 6.07) is 0. The highest BCUT2D eigenvalue weighted by molar-refractivity contribution is 14.1. The van der Waals surface area contributed by atoms with Gasteiger partial charge in [-0.1, -0.05) is 29.5 Å². The van der Waals surface area contributed by atoms with E-state index in [1.807, 2.05) is 0 Å². The van der Waals surface area contributed by atoms with Gasteiger partial charge in [0.05, 0.1) is 3.42 Å². The van der Waals surface area contributed by atoms with E-state index in [4.69, 9.17) is 0 Å². The first-order valence-electron chi connectivity index (χ1n) is 10.1. The molecule has 3 aliphatic rings. The van der Waals surface area contributed by atoms with Crippen molar-refractivity contribution in [2.45, 2.75) is 29.6 Å². The Hall–Kier alpha value is 0.490. The molecule has 0 aromatic rings. The molecule has 3 heterocycles. The summed E-state index contributed by atoms with van der Waals surface area (Å²) < 4.78 is 0.235. The topological polar surface area (TPSA) is 72.2 Å². The third kappa shape index (κ3) is 9.30. The molecule has 7 heteroatoms. The van der Waals surface area contributed by atoms with Crippen LogP contribution in [-0.2, 0) is 0 Å². The molecule has 0 spiro atoms. The van der Waals surface area contributed by atoms with Crippen LogP contribution in [0.2, 0.25) is 0 Å². The minimum Gasteiger partial charge on any atom is -0.316 e. The molecular weight excluding hydrogens is 427 g/mol. The highest BCUT2D eigenvalue weighted by Crippen LogP contribution is 2.17. The van der Waals surface area contributed by atoms with Gasteiger partial charge in [0.25, 0.3) is 0 Å². The smallest absolute Gasteiger partial charge is 0.0594 e. The van der Waals surface area contributed by atoms with Crippen molar-refractivity contribution in [1.29, 1.82) is 0 Å². The van der Waals surface area contributed by atoms with Gasteiger partial charge in [-0.2, -0.15) is 0 Å². The molecule has 0 atom stereocenters. The molecule has 0 saturated carbocycles. The van der Waals surface area contributed by atoms with E-state index in [0.717, 1.165) is 78.5 Å². The lowest BCUT2D eigenvalue weighted by Gasteiger charge is -2.32. The Morgan fingerprint density at radius 3 is 1.12 bits per heavy atom. The van der Waals surface area contributed by atoms with Crippen LogP contribution in [0.3, 0.4) is 0 Å². The van der Waals surface area contributed by atoms with Crippen LogP contribution in [0.1, 0.15) is 26.2 Å². The van der Waals surface area contributed by atoms with Crippen LogP contribution >= 0.6 is 22.6 Å². The maximum absolute atomic E-state index is 3.69. The molecule has 0 unspecified atom stereocenters. The largest absolute Gasteiger partial charge is 0.316 e. The van der Waals surface area contributed by atoms with E-state index in [2.05, 4.69) is 61.4 Å². The highest BCUT2D eigenvalue weighted by atomic mass is 127. The Kier molecular flexibility index (Phi) is 10.5. The van der Waals surface area contributed by atoms with E-state index in [-0.39, 0.29) is 8.84 Å². The molecule has 3 rings (SSSR count). The minimum atomic E-state index is 0.235. The summed E-state index contributed by atoms with van der Waals surface area (Å²) >= 11 is 2.65. The molecule has 148 valence electrons. The number of fused-ring (bicyclic) bond motifs is 18. The SMILES string of the molecule is CC12CNCCCNCC(I)(CNCCCNC1)CNCCCNC2. The van der Waals surface area contributed by atoms with Crippen molar-refractivity contribution in [3.05, 3.63) is 0 Å². The average Bonchev–Trinajstić information content (AvgIpc) is 2.58. The van der Waals surface area contributed by atoms with E-state index >= 15 is 0 Å². The first-order valence-corrected chi connectivity index (χ1v) is 11.1. The predicted molar refractivity (Wildman–Crippen MR) is 116 cm³/mol. The van der Waals surface area contributed by atoms with Gasteiger partial charge in [-0.05, 0) is 58.5 Å². The van der Waals surface area contributed by atoms with E-state index in [0.29, 0.717) is 0 Å². The second kappa shape index (κ2) is 12.0. The number of hydrogen-bond donors (Lipinski definition) is 6. The number of alkyl halides is 1. The molecule has 0 radical (unpaired) electrons. The van der Waals surface area contributed by atoms with Crippen LogP contribution in [0.25, 0.3) is 0 Å². The Morgan fingerprint density at radius 1 is 0.520 bits per heavy atom. The van der Waals surface area contributed by atoms with Crippen molar-refractivity contribution in [3.63, 3.8) is 0 Å². The van der Waals surface area contributed by atoms with Crippen LogP contribution in [-0.4, -0.2) is 82.0 Å². The normalized spacial score (nSPS) is 35.8. The first kappa shape index (κ1) is 21.8. The van der Waals surface area contributed by atoms with Crippen molar-refractivity contribution in [2.75, 3.05) is 78.5 Å². The van der Waals surface area contributed by atoms with Crippen LogP contribution in [0.4, 0.5) is 0 Å². The van der Waals surface area contributed by atoms with Crippen LogP contribution in [0, 0.1) is 5.41 Å². The van der Waals surface area contributed by atoms with E-state index in [1.165, 1.54) is 19.3 Å². The molecule has 0 amide bonds. The maximum atomic E-state index is 3.69. The predicted octanol–water partition coefficient (Wildman–Crippen LogP) is -0.0984. The second-order valence-corrected chi connectivity index (χ2v) is 10.4. The van der Waals surface area contributed by atoms with Crippen LogP contribution < -0.4 is 31.9 Å². The third-order valence-electron chi connectivity index (χ3n) is 5.10. The summed E-state index contributed by atoms with van der Waals surface area (Å²) in [4.78, 5) is 0. The van der Waals surface area contributed by atoms with Crippen LogP contribution in [0.15, 0.2) is 0 Å². The molecule has 0 aromatic carbocycles. The van der Waals surface area contributed by atoms with Crippen molar-refractivity contribution in [2.24, 2.45) is 5.41 Å². The van der Waals surface area contributed by atoms with Gasteiger partial charge in [0, 0.05) is 44.7 Å². The zero-order valence-electron chi connectivity index (χ0n) is 16.0. The summed E-state index contributed by atoms with van der Waals surface area (Å²) in [5, 5.41) is 22.1. The fourth-order valence-corrected chi connectivity index (χ4v) is 4.31. The lowest BCUT2D eigenvalue weighted by atomic mass is 9.90. The Balaban J connectivity index is 2.01. The van der Waals surface area contributed by atoms with Gasteiger partial charge in [-0.25, -0.2) is 0 Å². The van der Waals surface area contributed by atoms with Gasteiger partial charge < -0.3 is 31.9 Å². The Morgan fingerprint density at radius 2 is 0.800 bits per heavy atom. The Labute approximate surface area is 167 Å². The lowest BCUT2D eigenvalue weighted by Crippen LogP contribution is -2.52. The van der Waals surface area contributed by atoms with Crippen molar-refractivity contribution in [1.82, 2.24) is 31.9 Å². The summed E-state index contributed by atoms with van der Waals surface area (Å²) in [5.74, 6) is 0. The van der Waals surface area contributed by atoms with Gasteiger partial charge in [-0.3, -0.25) is 0 Å². The number of halogens is 1. The standard InChI is InChI=1S/C18H39IN6/c1-17-11-20-5-2-8-23-14-18(19,15-24-9-3-6-21-12-17)16-25-10-4-7-22-13-17/h20-25H,2-16H2,1H3. The van der Waals surface area contributed by atoms with Crippen molar-refractivity contribution in [3.8, 4) is 0 Å². The van der Waals surface area contributed by atoms with E-state index in [1.54, 1.807) is 0 Å². The number of rotatable bonds is 0. The Bertz CT molecular complexity index is 276. The molecule has 3 fully saturated rings. The molecule has 3 aliphatic heterocycles. The molecule has 25 heavy (non-hydrogen) atoms. The highest BCUT2D eigenvalue weighted by Gasteiger charge is 2.26. The van der Waals surface area contributed by atoms with Crippen molar-refractivity contribution >= 4 is 22.6 Å². The number of hydrogen-bond acceptors (Lipinski definition) is 6. The van der Waals surface area contributed by atoms with Gasteiger partial charge in [0.2, 0.25) is 0 Å². The van der Waals surface area contributed by atoms with Gasteiger partial charge >= 0.3 is 0 Å². The average molecular weight is 466 g/mol. The van der Waals surface area contributed by atoms with Crippen molar-refractivity contribution < 1.29 is 0 Å². The molecule has 0 aromatic heterocycles. The molecule has 6 N–H and O–H groups in total. The minimum absolute atomic E-state index is 0.235. The third-order valence-corrected chi connectivity index (χ3v) is 6.25. The molecule has 6 nitrogen and oxygen atoms in total. The van der Waals surface area contributed by atoms with Gasteiger partial charge in [0.1, 0.15) is 0 Å². The summed E-state index contributed by atoms with van der Waals surface area (Å²) in [5.41, 5.74) is 0.264. The maximum Gasteiger partial charge on any atom is 0.0594 e. The second-order valence-electron chi connectivity index (χ2n) is 8.08.